The molecule has 6 nitrogen and oxygen atoms in total. The lowest BCUT2D eigenvalue weighted by Crippen LogP contribution is -2.59. The summed E-state index contributed by atoms with van der Waals surface area (Å²) in [4.78, 5) is 11.3. The predicted molar refractivity (Wildman–Crippen MR) is 64.4 cm³/mol. The van der Waals surface area contributed by atoms with Crippen LogP contribution >= 0.6 is 0 Å². The van der Waals surface area contributed by atoms with E-state index in [1.165, 1.54) is 0 Å². The summed E-state index contributed by atoms with van der Waals surface area (Å²) in [6, 6.07) is -0.0733. The Morgan fingerprint density at radius 1 is 1.47 bits per heavy atom. The fourth-order valence-corrected chi connectivity index (χ4v) is 2.33. The lowest BCUT2D eigenvalue weighted by atomic mass is 9.79. The first-order chi connectivity index (χ1) is 7.96. The van der Waals surface area contributed by atoms with Gasteiger partial charge in [-0.1, -0.05) is 12.8 Å². The highest BCUT2D eigenvalue weighted by atomic mass is 16.4. The molecule has 2 atom stereocenters. The lowest BCUT2D eigenvalue weighted by molar-refractivity contribution is -0.146. The third-order valence-corrected chi connectivity index (χ3v) is 3.31. The number of nitrogens with one attached hydrogen (secondary N) is 1. The number of hydrogen-bond acceptors (Lipinski definition) is 5. The number of aliphatic carboxylic acids is 1. The Balaban J connectivity index is 2.45. The summed E-state index contributed by atoms with van der Waals surface area (Å²) in [5, 5.41) is 29.8. The largest absolute Gasteiger partial charge is 0.480 e. The van der Waals surface area contributed by atoms with Gasteiger partial charge < -0.3 is 26.2 Å². The van der Waals surface area contributed by atoms with E-state index in [0.29, 0.717) is 32.2 Å². The van der Waals surface area contributed by atoms with Gasteiger partial charge in [0.15, 0.2) is 0 Å². The van der Waals surface area contributed by atoms with E-state index in [1.54, 1.807) is 0 Å². The second kappa shape index (κ2) is 6.35. The number of carboxylic acid groups (broad SMARTS) is 1. The van der Waals surface area contributed by atoms with Crippen molar-refractivity contribution >= 4 is 13.1 Å². The number of carbonyl (C=O) groups is 1. The molecule has 0 unspecified atom stereocenters. The minimum absolute atomic E-state index is 0.0733. The van der Waals surface area contributed by atoms with Crippen LogP contribution < -0.4 is 11.1 Å². The standard InChI is InChI=1S/C10H21BN2O4/c12-8-3-6-13-10(7-8,9(14)15)4-1-2-5-11(16)17/h8,13,16-17H,1-7,12H2,(H,14,15)/t8-,10+/m0/s1. The lowest BCUT2D eigenvalue weighted by Gasteiger charge is -2.37. The summed E-state index contributed by atoms with van der Waals surface area (Å²) in [5.41, 5.74) is 4.88. The van der Waals surface area contributed by atoms with E-state index >= 15 is 0 Å². The molecule has 1 fully saturated rings. The Bertz CT molecular complexity index is 265. The van der Waals surface area contributed by atoms with Crippen LogP contribution in [0.5, 0.6) is 0 Å². The van der Waals surface area contributed by atoms with Crippen molar-refractivity contribution in [3.8, 4) is 0 Å². The smallest absolute Gasteiger partial charge is 0.451 e. The van der Waals surface area contributed by atoms with Crippen LogP contribution in [0.15, 0.2) is 0 Å². The van der Waals surface area contributed by atoms with Gasteiger partial charge in [0.05, 0.1) is 0 Å². The molecule has 1 aliphatic heterocycles. The summed E-state index contributed by atoms with van der Waals surface area (Å²) < 4.78 is 0. The van der Waals surface area contributed by atoms with Gasteiger partial charge in [0.2, 0.25) is 0 Å². The first kappa shape index (κ1) is 14.4. The van der Waals surface area contributed by atoms with Crippen LogP contribution in [0.1, 0.15) is 32.1 Å². The van der Waals surface area contributed by atoms with Crippen molar-refractivity contribution in [3.63, 3.8) is 0 Å². The second-order valence-electron chi connectivity index (χ2n) is 4.79. The van der Waals surface area contributed by atoms with E-state index in [0.717, 1.165) is 6.42 Å². The Kier molecular flexibility index (Phi) is 5.39. The summed E-state index contributed by atoms with van der Waals surface area (Å²) in [6.07, 6.45) is 3.23. The SMILES string of the molecule is N[C@H]1CCN[C@@](CCCCB(O)O)(C(=O)O)C1. The number of nitrogens with two attached hydrogens (primary N) is 1. The maximum atomic E-state index is 11.3. The van der Waals surface area contributed by atoms with E-state index in [9.17, 15) is 9.90 Å². The number of piperidine rings is 1. The van der Waals surface area contributed by atoms with Crippen LogP contribution in [-0.2, 0) is 4.79 Å². The van der Waals surface area contributed by atoms with Crippen molar-refractivity contribution < 1.29 is 19.9 Å². The highest BCUT2D eigenvalue weighted by molar-refractivity contribution is 6.40. The number of hydrogen-bond donors (Lipinski definition) is 5. The molecule has 0 aromatic carbocycles. The van der Waals surface area contributed by atoms with E-state index in [2.05, 4.69) is 5.32 Å². The highest BCUT2D eigenvalue weighted by Crippen LogP contribution is 2.25. The monoisotopic (exact) mass is 244 g/mol. The predicted octanol–water partition coefficient (Wildman–Crippen LogP) is -0.836. The van der Waals surface area contributed by atoms with E-state index in [1.807, 2.05) is 0 Å². The molecule has 1 aliphatic rings. The first-order valence-corrected chi connectivity index (χ1v) is 6.06. The fraction of sp³-hybridized carbons (Fsp3) is 0.900. The maximum Gasteiger partial charge on any atom is 0.451 e. The minimum Gasteiger partial charge on any atom is -0.480 e. The Hall–Kier alpha value is -0.625. The molecule has 7 heteroatoms. The maximum absolute atomic E-state index is 11.3. The van der Waals surface area contributed by atoms with Crippen LogP contribution in [0, 0.1) is 0 Å². The van der Waals surface area contributed by atoms with Crippen LogP contribution in [0.3, 0.4) is 0 Å². The van der Waals surface area contributed by atoms with Crippen LogP contribution in [-0.4, -0.2) is 46.4 Å². The zero-order chi connectivity index (χ0) is 12.9. The third-order valence-electron chi connectivity index (χ3n) is 3.31. The minimum atomic E-state index is -1.31. The van der Waals surface area contributed by atoms with E-state index < -0.39 is 18.6 Å². The Morgan fingerprint density at radius 3 is 2.71 bits per heavy atom. The topological polar surface area (TPSA) is 116 Å². The summed E-state index contributed by atoms with van der Waals surface area (Å²) in [6.45, 7) is 0.621. The van der Waals surface area contributed by atoms with Gasteiger partial charge in [0.1, 0.15) is 5.54 Å². The van der Waals surface area contributed by atoms with Crippen molar-refractivity contribution in [1.82, 2.24) is 5.32 Å². The molecule has 98 valence electrons. The van der Waals surface area contributed by atoms with E-state index in [4.69, 9.17) is 15.8 Å². The quantitative estimate of drug-likeness (QED) is 0.307. The Labute approximate surface area is 101 Å². The van der Waals surface area contributed by atoms with Gasteiger partial charge in [-0.2, -0.15) is 0 Å². The van der Waals surface area contributed by atoms with Crippen LogP contribution in [0.2, 0.25) is 6.32 Å². The number of rotatable bonds is 6. The van der Waals surface area contributed by atoms with Gasteiger partial charge in [0, 0.05) is 6.04 Å². The molecule has 0 aromatic rings. The molecule has 1 rings (SSSR count). The molecule has 0 spiro atoms. The first-order valence-electron chi connectivity index (χ1n) is 6.06. The molecule has 6 N–H and O–H groups in total. The van der Waals surface area contributed by atoms with Crippen molar-refractivity contribution in [1.29, 1.82) is 0 Å². The Morgan fingerprint density at radius 2 is 2.18 bits per heavy atom. The van der Waals surface area contributed by atoms with Gasteiger partial charge >= 0.3 is 13.1 Å². The fourth-order valence-electron chi connectivity index (χ4n) is 2.33. The van der Waals surface area contributed by atoms with Crippen LogP contribution in [0.4, 0.5) is 0 Å². The zero-order valence-electron chi connectivity index (χ0n) is 9.93. The van der Waals surface area contributed by atoms with Crippen molar-refractivity contribution in [3.05, 3.63) is 0 Å². The van der Waals surface area contributed by atoms with Gasteiger partial charge in [-0.05, 0) is 32.1 Å². The number of carboxylic acids is 1. The molecular weight excluding hydrogens is 223 g/mol. The summed E-state index contributed by atoms with van der Waals surface area (Å²) >= 11 is 0. The zero-order valence-corrected chi connectivity index (χ0v) is 9.93. The molecule has 0 saturated carbocycles. The van der Waals surface area contributed by atoms with Gasteiger partial charge in [-0.3, -0.25) is 4.79 Å². The second-order valence-corrected chi connectivity index (χ2v) is 4.79. The average molecular weight is 244 g/mol. The molecule has 17 heavy (non-hydrogen) atoms. The molecule has 0 amide bonds. The van der Waals surface area contributed by atoms with Gasteiger partial charge in [0.25, 0.3) is 0 Å². The summed E-state index contributed by atoms with van der Waals surface area (Å²) in [5.74, 6) is -0.864. The molecule has 1 saturated heterocycles. The molecule has 0 aromatic heterocycles. The highest BCUT2D eigenvalue weighted by Gasteiger charge is 2.41. The molecule has 0 bridgehead atoms. The van der Waals surface area contributed by atoms with Crippen LogP contribution in [0.25, 0.3) is 0 Å². The van der Waals surface area contributed by atoms with E-state index in [-0.39, 0.29) is 12.4 Å². The number of unbranched alkanes of at least 4 members (excludes halogenated alkanes) is 1. The van der Waals surface area contributed by atoms with Gasteiger partial charge in [-0.15, -0.1) is 0 Å². The van der Waals surface area contributed by atoms with Crippen molar-refractivity contribution in [2.75, 3.05) is 6.54 Å². The molecule has 0 aliphatic carbocycles. The average Bonchev–Trinajstić information content (AvgIpc) is 2.24. The van der Waals surface area contributed by atoms with Crippen molar-refractivity contribution in [2.45, 2.75) is 50.0 Å². The van der Waals surface area contributed by atoms with Gasteiger partial charge in [-0.25, -0.2) is 0 Å². The summed E-state index contributed by atoms with van der Waals surface area (Å²) in [7, 11) is -1.31. The third kappa shape index (κ3) is 4.27. The molecule has 1 heterocycles. The van der Waals surface area contributed by atoms with Crippen molar-refractivity contribution in [2.24, 2.45) is 5.73 Å². The molecule has 0 radical (unpaired) electrons. The normalized spacial score (nSPS) is 29.0. The molecular formula is C10H21BN2O4.